The maximum atomic E-state index is 12.3. The highest BCUT2D eigenvalue weighted by Crippen LogP contribution is 2.37. The van der Waals surface area contributed by atoms with Crippen LogP contribution in [0.1, 0.15) is 48.0 Å². The third kappa shape index (κ3) is 2.25. The number of piperidine rings is 1. The van der Waals surface area contributed by atoms with Gasteiger partial charge >= 0.3 is 0 Å². The third-order valence-corrected chi connectivity index (χ3v) is 3.77. The molecule has 1 amide bonds. The third-order valence-electron chi connectivity index (χ3n) is 3.77. The van der Waals surface area contributed by atoms with Crippen LogP contribution in [0.5, 0.6) is 0 Å². The molecule has 2 heterocycles. The average Bonchev–Trinajstić information content (AvgIpc) is 3.16. The predicted molar refractivity (Wildman–Crippen MR) is 66.3 cm³/mol. The van der Waals surface area contributed by atoms with E-state index in [1.54, 1.807) is 0 Å². The van der Waals surface area contributed by atoms with E-state index in [1.807, 2.05) is 11.9 Å². The van der Waals surface area contributed by atoms with Gasteiger partial charge in [0.15, 0.2) is 0 Å². The lowest BCUT2D eigenvalue weighted by molar-refractivity contribution is 0.0686. The van der Waals surface area contributed by atoms with E-state index in [-0.39, 0.29) is 5.91 Å². The van der Waals surface area contributed by atoms with Crippen LogP contribution in [0.4, 0.5) is 0 Å². The first-order valence-electron chi connectivity index (χ1n) is 6.66. The number of H-pyrrole nitrogens is 1. The predicted octanol–water partition coefficient (Wildman–Crippen LogP) is 0.506. The highest BCUT2D eigenvalue weighted by molar-refractivity contribution is 5.90. The van der Waals surface area contributed by atoms with Crippen LogP contribution in [0, 0.1) is 0 Å². The van der Waals surface area contributed by atoms with Crippen molar-refractivity contribution in [3.05, 3.63) is 11.6 Å². The van der Waals surface area contributed by atoms with Crippen molar-refractivity contribution in [3.8, 4) is 0 Å². The van der Waals surface area contributed by atoms with Gasteiger partial charge in [0.2, 0.25) is 5.82 Å². The van der Waals surface area contributed by atoms with Crippen molar-refractivity contribution in [2.75, 3.05) is 20.1 Å². The molecule has 2 fully saturated rings. The monoisotopic (exact) mass is 249 g/mol. The molecule has 2 N–H and O–H groups in total. The summed E-state index contributed by atoms with van der Waals surface area (Å²) in [7, 11) is 1.94. The molecule has 0 bridgehead atoms. The van der Waals surface area contributed by atoms with Gasteiger partial charge in [0.1, 0.15) is 5.82 Å². The largest absolute Gasteiger partial charge is 0.334 e. The van der Waals surface area contributed by atoms with E-state index in [0.29, 0.717) is 17.8 Å². The first-order chi connectivity index (χ1) is 8.78. The second-order valence-electron chi connectivity index (χ2n) is 5.20. The Kier molecular flexibility index (Phi) is 3.03. The number of rotatable bonds is 3. The number of nitrogens with one attached hydrogen (secondary N) is 2. The Balaban J connectivity index is 1.68. The van der Waals surface area contributed by atoms with Crippen LogP contribution in [0.2, 0.25) is 0 Å². The van der Waals surface area contributed by atoms with Gasteiger partial charge in [-0.05, 0) is 32.7 Å². The van der Waals surface area contributed by atoms with Gasteiger partial charge in [-0.15, -0.1) is 5.10 Å². The SMILES string of the molecule is CNC1CCCN(C(=O)c2n[nH]c(C3CC3)n2)C1. The number of likely N-dealkylation sites (N-methyl/N-ethyl adjacent to an activating group) is 1. The van der Waals surface area contributed by atoms with Crippen LogP contribution < -0.4 is 5.32 Å². The Morgan fingerprint density at radius 2 is 2.28 bits per heavy atom. The van der Waals surface area contributed by atoms with Gasteiger partial charge in [-0.1, -0.05) is 0 Å². The molecule has 98 valence electrons. The molecule has 6 heteroatoms. The van der Waals surface area contributed by atoms with Gasteiger partial charge in [-0.3, -0.25) is 9.89 Å². The van der Waals surface area contributed by atoms with Gasteiger partial charge in [0.05, 0.1) is 0 Å². The quantitative estimate of drug-likeness (QED) is 0.818. The number of hydrogen-bond acceptors (Lipinski definition) is 4. The lowest BCUT2D eigenvalue weighted by Crippen LogP contribution is -2.47. The molecule has 1 atom stereocenters. The van der Waals surface area contributed by atoms with Crippen LogP contribution in [-0.4, -0.2) is 52.2 Å². The molecule has 0 radical (unpaired) electrons. The van der Waals surface area contributed by atoms with Crippen LogP contribution in [-0.2, 0) is 0 Å². The fourth-order valence-corrected chi connectivity index (χ4v) is 2.45. The summed E-state index contributed by atoms with van der Waals surface area (Å²) in [6.45, 7) is 1.56. The molecule has 2 aliphatic rings. The number of likely N-dealkylation sites (tertiary alicyclic amines) is 1. The number of amides is 1. The summed E-state index contributed by atoms with van der Waals surface area (Å²) in [5, 5.41) is 10.2. The van der Waals surface area contributed by atoms with Gasteiger partial charge < -0.3 is 10.2 Å². The van der Waals surface area contributed by atoms with E-state index in [9.17, 15) is 4.79 Å². The molecule has 1 saturated carbocycles. The topological polar surface area (TPSA) is 73.9 Å². The van der Waals surface area contributed by atoms with Gasteiger partial charge in [0.25, 0.3) is 5.91 Å². The molecule has 1 saturated heterocycles. The smallest absolute Gasteiger partial charge is 0.293 e. The molecule has 6 nitrogen and oxygen atoms in total. The van der Waals surface area contributed by atoms with E-state index in [0.717, 1.165) is 44.6 Å². The number of aromatic nitrogens is 3. The molecule has 1 aromatic heterocycles. The molecule has 0 spiro atoms. The number of nitrogens with zero attached hydrogens (tertiary/aromatic N) is 3. The molecule has 1 aromatic rings. The van der Waals surface area contributed by atoms with E-state index in [2.05, 4.69) is 20.5 Å². The summed E-state index contributed by atoms with van der Waals surface area (Å²) in [5.41, 5.74) is 0. The normalized spacial score (nSPS) is 24.3. The molecule has 1 aliphatic carbocycles. The summed E-state index contributed by atoms with van der Waals surface area (Å²) in [4.78, 5) is 18.4. The lowest BCUT2D eigenvalue weighted by atomic mass is 10.1. The minimum absolute atomic E-state index is 0.0434. The van der Waals surface area contributed by atoms with Crippen molar-refractivity contribution in [1.82, 2.24) is 25.4 Å². The summed E-state index contributed by atoms with van der Waals surface area (Å²) in [6.07, 6.45) is 4.49. The fourth-order valence-electron chi connectivity index (χ4n) is 2.45. The zero-order chi connectivity index (χ0) is 12.5. The van der Waals surface area contributed by atoms with E-state index < -0.39 is 0 Å². The second-order valence-corrected chi connectivity index (χ2v) is 5.20. The van der Waals surface area contributed by atoms with Crippen LogP contribution >= 0.6 is 0 Å². The van der Waals surface area contributed by atoms with E-state index >= 15 is 0 Å². The maximum Gasteiger partial charge on any atom is 0.293 e. The summed E-state index contributed by atoms with van der Waals surface area (Å²) in [6, 6.07) is 0.393. The Morgan fingerprint density at radius 3 is 3.00 bits per heavy atom. The standard InChI is InChI=1S/C12H19N5O/c1-13-9-3-2-6-17(7-9)12(18)11-14-10(15-16-11)8-4-5-8/h8-9,13H,2-7H2,1H3,(H,14,15,16). The molecule has 1 aliphatic heterocycles. The Labute approximate surface area is 106 Å². The van der Waals surface area contributed by atoms with Gasteiger partial charge in [-0.2, -0.15) is 0 Å². The lowest BCUT2D eigenvalue weighted by Gasteiger charge is -2.31. The zero-order valence-corrected chi connectivity index (χ0v) is 10.6. The van der Waals surface area contributed by atoms with Crippen LogP contribution in [0.3, 0.4) is 0 Å². The molecular formula is C12H19N5O. The van der Waals surface area contributed by atoms with Crippen LogP contribution in [0.25, 0.3) is 0 Å². The van der Waals surface area contributed by atoms with Crippen LogP contribution in [0.15, 0.2) is 0 Å². The van der Waals surface area contributed by atoms with Gasteiger partial charge in [0, 0.05) is 25.0 Å². The molecule has 0 aromatic carbocycles. The van der Waals surface area contributed by atoms with Crippen molar-refractivity contribution in [1.29, 1.82) is 0 Å². The maximum absolute atomic E-state index is 12.3. The first kappa shape index (κ1) is 11.6. The minimum atomic E-state index is -0.0434. The average molecular weight is 249 g/mol. The Bertz CT molecular complexity index is 439. The van der Waals surface area contributed by atoms with Crippen molar-refractivity contribution < 1.29 is 4.79 Å². The molecular weight excluding hydrogens is 230 g/mol. The minimum Gasteiger partial charge on any atom is -0.334 e. The second kappa shape index (κ2) is 4.68. The molecule has 1 unspecified atom stereocenters. The van der Waals surface area contributed by atoms with Gasteiger partial charge in [-0.25, -0.2) is 4.98 Å². The van der Waals surface area contributed by atoms with Crippen molar-refractivity contribution in [2.45, 2.75) is 37.6 Å². The summed E-state index contributed by atoms with van der Waals surface area (Å²) in [5.74, 6) is 1.66. The summed E-state index contributed by atoms with van der Waals surface area (Å²) >= 11 is 0. The van der Waals surface area contributed by atoms with Crippen molar-refractivity contribution >= 4 is 5.91 Å². The zero-order valence-electron chi connectivity index (χ0n) is 10.6. The number of hydrogen-bond donors (Lipinski definition) is 2. The highest BCUT2D eigenvalue weighted by Gasteiger charge is 2.30. The molecule has 3 rings (SSSR count). The number of carbonyl (C=O) groups is 1. The highest BCUT2D eigenvalue weighted by atomic mass is 16.2. The first-order valence-corrected chi connectivity index (χ1v) is 6.66. The molecule has 18 heavy (non-hydrogen) atoms. The number of carbonyl (C=O) groups excluding carboxylic acids is 1. The summed E-state index contributed by atoms with van der Waals surface area (Å²) < 4.78 is 0. The number of aromatic amines is 1. The van der Waals surface area contributed by atoms with Crippen molar-refractivity contribution in [3.63, 3.8) is 0 Å². The Hall–Kier alpha value is -1.43. The van der Waals surface area contributed by atoms with Crippen molar-refractivity contribution in [2.24, 2.45) is 0 Å². The fraction of sp³-hybridized carbons (Fsp3) is 0.750. The Morgan fingerprint density at radius 1 is 1.44 bits per heavy atom. The van der Waals surface area contributed by atoms with E-state index in [1.165, 1.54) is 0 Å². The van der Waals surface area contributed by atoms with E-state index in [4.69, 9.17) is 0 Å².